The first-order valence-corrected chi connectivity index (χ1v) is 8.00. The Balaban J connectivity index is 1.66. The lowest BCUT2D eigenvalue weighted by Crippen LogP contribution is -2.01. The van der Waals surface area contributed by atoms with Crippen LogP contribution >= 0.6 is 11.3 Å². The maximum Gasteiger partial charge on any atom is 0.173 e. The van der Waals surface area contributed by atoms with Gasteiger partial charge in [-0.3, -0.25) is 4.79 Å². The van der Waals surface area contributed by atoms with E-state index in [1.807, 2.05) is 11.4 Å². The molecule has 1 aliphatic rings. The Morgan fingerprint density at radius 3 is 3.10 bits per heavy atom. The van der Waals surface area contributed by atoms with E-state index in [2.05, 4.69) is 25.1 Å². The predicted octanol–water partition coefficient (Wildman–Crippen LogP) is 4.06. The van der Waals surface area contributed by atoms with E-state index in [0.29, 0.717) is 6.42 Å². The molecule has 0 saturated carbocycles. The van der Waals surface area contributed by atoms with Crippen molar-refractivity contribution in [3.63, 3.8) is 0 Å². The zero-order valence-corrected chi connectivity index (χ0v) is 12.5. The molecule has 3 rings (SSSR count). The number of benzene rings is 1. The summed E-state index contributed by atoms with van der Waals surface area (Å²) in [5, 5.41) is 2.01. The van der Waals surface area contributed by atoms with Gasteiger partial charge in [-0.15, -0.1) is 11.3 Å². The smallest absolute Gasteiger partial charge is 0.173 e. The predicted molar refractivity (Wildman–Crippen MR) is 82.0 cm³/mol. The fraction of sp³-hybridized carbons (Fsp3) is 0.353. The van der Waals surface area contributed by atoms with E-state index in [-0.39, 0.29) is 5.78 Å². The highest BCUT2D eigenvalue weighted by atomic mass is 32.1. The molecule has 0 radical (unpaired) electrons. The zero-order chi connectivity index (χ0) is 13.9. The lowest BCUT2D eigenvalue weighted by Gasteiger charge is -2.04. The van der Waals surface area contributed by atoms with Crippen molar-refractivity contribution in [2.45, 2.75) is 32.6 Å². The van der Waals surface area contributed by atoms with Gasteiger partial charge in [-0.05, 0) is 47.0 Å². The highest BCUT2D eigenvalue weighted by Crippen LogP contribution is 2.27. The number of hydrogen-bond donors (Lipinski definition) is 0. The SMILES string of the molecule is CCc1ccsc1C(=O)CCc1ccc2c(c1)CCO2. The molecular weight excluding hydrogens is 268 g/mol. The van der Waals surface area contributed by atoms with Crippen LogP contribution in [-0.2, 0) is 19.3 Å². The molecule has 1 aliphatic heterocycles. The van der Waals surface area contributed by atoms with Crippen molar-refractivity contribution in [1.82, 2.24) is 0 Å². The summed E-state index contributed by atoms with van der Waals surface area (Å²) in [6.45, 7) is 2.88. The summed E-state index contributed by atoms with van der Waals surface area (Å²) < 4.78 is 5.50. The Labute approximate surface area is 123 Å². The fourth-order valence-electron chi connectivity index (χ4n) is 2.63. The summed E-state index contributed by atoms with van der Waals surface area (Å²) in [7, 11) is 0. The largest absolute Gasteiger partial charge is 0.493 e. The number of carbonyl (C=O) groups is 1. The van der Waals surface area contributed by atoms with Gasteiger partial charge >= 0.3 is 0 Å². The fourth-order valence-corrected chi connectivity index (χ4v) is 3.59. The number of hydrogen-bond acceptors (Lipinski definition) is 3. The maximum absolute atomic E-state index is 12.3. The summed E-state index contributed by atoms with van der Waals surface area (Å²) in [4.78, 5) is 13.2. The van der Waals surface area contributed by atoms with Gasteiger partial charge in [0, 0.05) is 12.8 Å². The van der Waals surface area contributed by atoms with Gasteiger partial charge in [-0.1, -0.05) is 19.1 Å². The van der Waals surface area contributed by atoms with Crippen LogP contribution in [0.5, 0.6) is 5.75 Å². The van der Waals surface area contributed by atoms with Crippen molar-refractivity contribution in [3.8, 4) is 5.75 Å². The van der Waals surface area contributed by atoms with Crippen molar-refractivity contribution in [2.24, 2.45) is 0 Å². The van der Waals surface area contributed by atoms with Crippen molar-refractivity contribution in [2.75, 3.05) is 6.61 Å². The van der Waals surface area contributed by atoms with Crippen LogP contribution in [0.25, 0.3) is 0 Å². The number of carbonyl (C=O) groups excluding carboxylic acids is 1. The summed E-state index contributed by atoms with van der Waals surface area (Å²) in [6.07, 6.45) is 3.32. The van der Waals surface area contributed by atoms with Gasteiger partial charge in [0.05, 0.1) is 11.5 Å². The molecule has 0 unspecified atom stereocenters. The highest BCUT2D eigenvalue weighted by Gasteiger charge is 2.14. The summed E-state index contributed by atoms with van der Waals surface area (Å²) >= 11 is 1.57. The van der Waals surface area contributed by atoms with Gasteiger partial charge < -0.3 is 4.74 Å². The average molecular weight is 286 g/mol. The van der Waals surface area contributed by atoms with Gasteiger partial charge in [0.1, 0.15) is 5.75 Å². The third-order valence-electron chi connectivity index (χ3n) is 3.78. The van der Waals surface area contributed by atoms with E-state index in [0.717, 1.165) is 36.5 Å². The lowest BCUT2D eigenvalue weighted by atomic mass is 10.0. The van der Waals surface area contributed by atoms with Gasteiger partial charge in [0.15, 0.2) is 5.78 Å². The first kappa shape index (κ1) is 13.4. The second-order valence-corrected chi connectivity index (χ2v) is 6.01. The Morgan fingerprint density at radius 2 is 2.25 bits per heavy atom. The molecule has 0 spiro atoms. The zero-order valence-electron chi connectivity index (χ0n) is 11.6. The molecular formula is C17H18O2S. The first-order chi connectivity index (χ1) is 9.78. The molecule has 3 heteroatoms. The third-order valence-corrected chi connectivity index (χ3v) is 4.77. The van der Waals surface area contributed by atoms with Crippen LogP contribution in [0.4, 0.5) is 0 Å². The van der Waals surface area contributed by atoms with Gasteiger partial charge in [0.25, 0.3) is 0 Å². The van der Waals surface area contributed by atoms with E-state index in [4.69, 9.17) is 4.74 Å². The van der Waals surface area contributed by atoms with Crippen molar-refractivity contribution < 1.29 is 9.53 Å². The summed E-state index contributed by atoms with van der Waals surface area (Å²) in [5.41, 5.74) is 3.69. The maximum atomic E-state index is 12.3. The van der Waals surface area contributed by atoms with Crippen LogP contribution in [0.2, 0.25) is 0 Å². The van der Waals surface area contributed by atoms with Gasteiger partial charge in [-0.2, -0.15) is 0 Å². The second-order valence-electron chi connectivity index (χ2n) is 5.09. The number of rotatable bonds is 5. The van der Waals surface area contributed by atoms with Crippen LogP contribution < -0.4 is 4.74 Å². The van der Waals surface area contributed by atoms with E-state index in [1.54, 1.807) is 11.3 Å². The quantitative estimate of drug-likeness (QED) is 0.775. The second kappa shape index (κ2) is 5.80. The average Bonchev–Trinajstić information content (AvgIpc) is 3.12. The van der Waals surface area contributed by atoms with Crippen LogP contribution in [-0.4, -0.2) is 12.4 Å². The Kier molecular flexibility index (Phi) is 3.88. The highest BCUT2D eigenvalue weighted by molar-refractivity contribution is 7.12. The monoisotopic (exact) mass is 286 g/mol. The molecule has 1 aromatic carbocycles. The molecule has 1 aromatic heterocycles. The minimum Gasteiger partial charge on any atom is -0.493 e. The molecule has 0 aliphatic carbocycles. The first-order valence-electron chi connectivity index (χ1n) is 7.12. The van der Waals surface area contributed by atoms with Gasteiger partial charge in [0.2, 0.25) is 0 Å². The topological polar surface area (TPSA) is 26.3 Å². The van der Waals surface area contributed by atoms with Gasteiger partial charge in [-0.25, -0.2) is 0 Å². The molecule has 0 amide bonds. The van der Waals surface area contributed by atoms with E-state index >= 15 is 0 Å². The third kappa shape index (κ3) is 2.63. The summed E-state index contributed by atoms with van der Waals surface area (Å²) in [6, 6.07) is 8.35. The molecule has 2 nitrogen and oxygen atoms in total. The minimum atomic E-state index is 0.272. The number of ketones is 1. The standard InChI is InChI=1S/C17H18O2S/c1-2-13-8-10-20-17(13)15(18)5-3-12-4-6-16-14(11-12)7-9-19-16/h4,6,8,10-11H,2-3,5,7,9H2,1H3. The Hall–Kier alpha value is -1.61. The van der Waals surface area contributed by atoms with Crippen LogP contribution in [0.15, 0.2) is 29.6 Å². The molecule has 2 heterocycles. The number of thiophene rings is 1. The summed E-state index contributed by atoms with van der Waals surface area (Å²) in [5.74, 6) is 1.28. The molecule has 0 atom stereocenters. The molecule has 0 fully saturated rings. The van der Waals surface area contributed by atoms with Crippen LogP contribution in [0.1, 0.15) is 39.7 Å². The van der Waals surface area contributed by atoms with Crippen LogP contribution in [0.3, 0.4) is 0 Å². The number of fused-ring (bicyclic) bond motifs is 1. The van der Waals surface area contributed by atoms with Crippen molar-refractivity contribution >= 4 is 17.1 Å². The van der Waals surface area contributed by atoms with Crippen molar-refractivity contribution in [3.05, 3.63) is 51.2 Å². The number of Topliss-reactive ketones (excluding diaryl/α,β-unsaturated/α-hetero) is 1. The Bertz CT molecular complexity index is 628. The lowest BCUT2D eigenvalue weighted by molar-refractivity contribution is 0.0986. The van der Waals surface area contributed by atoms with E-state index in [9.17, 15) is 4.79 Å². The molecule has 104 valence electrons. The molecule has 0 N–H and O–H groups in total. The normalized spacial score (nSPS) is 13.1. The minimum absolute atomic E-state index is 0.272. The molecule has 0 saturated heterocycles. The Morgan fingerprint density at radius 1 is 1.35 bits per heavy atom. The molecule has 2 aromatic rings. The van der Waals surface area contributed by atoms with Crippen LogP contribution in [0, 0.1) is 0 Å². The van der Waals surface area contributed by atoms with E-state index < -0.39 is 0 Å². The number of aryl methyl sites for hydroxylation is 2. The van der Waals surface area contributed by atoms with E-state index in [1.165, 1.54) is 16.7 Å². The van der Waals surface area contributed by atoms with Crippen molar-refractivity contribution in [1.29, 1.82) is 0 Å². The molecule has 20 heavy (non-hydrogen) atoms. The molecule has 0 bridgehead atoms. The number of ether oxygens (including phenoxy) is 1.